The predicted molar refractivity (Wildman–Crippen MR) is 55.2 cm³/mol. The highest BCUT2D eigenvalue weighted by atomic mass is 35.5. The summed E-state index contributed by atoms with van der Waals surface area (Å²) in [7, 11) is 0. The molecule has 2 N–H and O–H groups in total. The average molecular weight is 188 g/mol. The maximum absolute atomic E-state index is 5.76. The van der Waals surface area contributed by atoms with Crippen LogP contribution in [0.2, 0.25) is 0 Å². The second-order valence-electron chi connectivity index (χ2n) is 3.71. The molecule has 0 heterocycles. The Bertz CT molecular complexity index is 154. The number of halogens is 1. The van der Waals surface area contributed by atoms with Gasteiger partial charge in [-0.05, 0) is 24.7 Å². The minimum Gasteiger partial charge on any atom is -0.317 e. The molecular formula is C10H18ClN. The lowest BCUT2D eigenvalue weighted by Crippen LogP contribution is -2.31. The predicted octanol–water partition coefficient (Wildman–Crippen LogP) is 2.20. The first kappa shape index (κ1) is 11.8. The number of nitrogens with two attached hydrogens (primary N) is 1. The summed E-state index contributed by atoms with van der Waals surface area (Å²) < 4.78 is 0. The van der Waals surface area contributed by atoms with Gasteiger partial charge in [0.25, 0.3) is 0 Å². The first-order chi connectivity index (χ1) is 5.24. The Morgan fingerprint density at radius 1 is 1.33 bits per heavy atom. The zero-order valence-corrected chi connectivity index (χ0v) is 8.44. The number of hydrogen-bond donors (Lipinski definition) is 1. The van der Waals surface area contributed by atoms with Gasteiger partial charge in [-0.1, -0.05) is 25.7 Å². The molecular weight excluding hydrogens is 170 g/mol. The van der Waals surface area contributed by atoms with Crippen molar-refractivity contribution in [1.82, 2.24) is 0 Å². The Morgan fingerprint density at radius 3 is 2.25 bits per heavy atom. The van der Waals surface area contributed by atoms with Gasteiger partial charge < -0.3 is 5.73 Å². The molecule has 0 spiro atoms. The minimum atomic E-state index is 0. The first-order valence-electron chi connectivity index (χ1n) is 4.45. The Balaban J connectivity index is 0.00000121. The summed E-state index contributed by atoms with van der Waals surface area (Å²) in [6.07, 6.45) is 10.3. The smallest absolute Gasteiger partial charge is 0.0690 e. The van der Waals surface area contributed by atoms with E-state index in [1.807, 2.05) is 0 Å². The molecule has 0 bridgehead atoms. The van der Waals surface area contributed by atoms with E-state index in [0.717, 1.165) is 5.92 Å². The van der Waals surface area contributed by atoms with E-state index in [1.165, 1.54) is 25.7 Å². The van der Waals surface area contributed by atoms with Gasteiger partial charge in [0.15, 0.2) is 0 Å². The Labute approximate surface area is 81.5 Å². The SMILES string of the molecule is C#CC(N)C1CCC(C)CC1.Cl. The lowest BCUT2D eigenvalue weighted by Gasteiger charge is -2.27. The third-order valence-corrected chi connectivity index (χ3v) is 2.76. The second kappa shape index (κ2) is 5.45. The van der Waals surface area contributed by atoms with Crippen LogP contribution in [0.3, 0.4) is 0 Å². The molecule has 2 heteroatoms. The van der Waals surface area contributed by atoms with Crippen LogP contribution in [-0.2, 0) is 0 Å². The van der Waals surface area contributed by atoms with Crippen molar-refractivity contribution >= 4 is 12.4 Å². The summed E-state index contributed by atoms with van der Waals surface area (Å²) in [5, 5.41) is 0. The molecule has 1 atom stereocenters. The number of terminal acetylenes is 1. The fraction of sp³-hybridized carbons (Fsp3) is 0.800. The lowest BCUT2D eigenvalue weighted by molar-refractivity contribution is 0.276. The maximum atomic E-state index is 5.76. The fourth-order valence-corrected chi connectivity index (χ4v) is 1.78. The van der Waals surface area contributed by atoms with Gasteiger partial charge >= 0.3 is 0 Å². The molecule has 70 valence electrons. The topological polar surface area (TPSA) is 26.0 Å². The summed E-state index contributed by atoms with van der Waals surface area (Å²) in [5.74, 6) is 4.11. The van der Waals surface area contributed by atoms with Crippen molar-refractivity contribution in [1.29, 1.82) is 0 Å². The molecule has 1 nitrogen and oxygen atoms in total. The van der Waals surface area contributed by atoms with Crippen molar-refractivity contribution in [3.8, 4) is 12.3 Å². The molecule has 12 heavy (non-hydrogen) atoms. The third-order valence-electron chi connectivity index (χ3n) is 2.76. The van der Waals surface area contributed by atoms with E-state index in [4.69, 9.17) is 12.2 Å². The van der Waals surface area contributed by atoms with Gasteiger partial charge in [0.1, 0.15) is 0 Å². The molecule has 0 aliphatic heterocycles. The molecule has 1 fully saturated rings. The van der Waals surface area contributed by atoms with Crippen molar-refractivity contribution in [2.45, 2.75) is 38.6 Å². The largest absolute Gasteiger partial charge is 0.317 e. The summed E-state index contributed by atoms with van der Waals surface area (Å²) >= 11 is 0. The van der Waals surface area contributed by atoms with E-state index in [2.05, 4.69) is 12.8 Å². The minimum absolute atomic E-state index is 0. The van der Waals surface area contributed by atoms with Crippen LogP contribution in [-0.4, -0.2) is 6.04 Å². The zero-order valence-electron chi connectivity index (χ0n) is 7.62. The van der Waals surface area contributed by atoms with Gasteiger partial charge in [-0.3, -0.25) is 0 Å². The van der Waals surface area contributed by atoms with E-state index in [1.54, 1.807) is 0 Å². The van der Waals surface area contributed by atoms with Crippen LogP contribution in [0.15, 0.2) is 0 Å². The molecule has 0 amide bonds. The van der Waals surface area contributed by atoms with Crippen LogP contribution in [0.1, 0.15) is 32.6 Å². The van der Waals surface area contributed by atoms with E-state index < -0.39 is 0 Å². The molecule has 1 saturated carbocycles. The van der Waals surface area contributed by atoms with Crippen LogP contribution < -0.4 is 5.73 Å². The zero-order chi connectivity index (χ0) is 8.27. The van der Waals surface area contributed by atoms with Gasteiger partial charge in [0.2, 0.25) is 0 Å². The summed E-state index contributed by atoms with van der Waals surface area (Å²) in [6.45, 7) is 2.30. The monoisotopic (exact) mass is 187 g/mol. The summed E-state index contributed by atoms with van der Waals surface area (Å²) in [6, 6.07) is 0.00231. The van der Waals surface area contributed by atoms with Gasteiger partial charge in [-0.15, -0.1) is 18.8 Å². The van der Waals surface area contributed by atoms with Gasteiger partial charge in [0.05, 0.1) is 6.04 Å². The quantitative estimate of drug-likeness (QED) is 0.626. The highest BCUT2D eigenvalue weighted by molar-refractivity contribution is 5.85. The molecule has 1 aliphatic carbocycles. The van der Waals surface area contributed by atoms with Crippen LogP contribution in [0.25, 0.3) is 0 Å². The summed E-state index contributed by atoms with van der Waals surface area (Å²) in [4.78, 5) is 0. The normalized spacial score (nSPS) is 31.4. The van der Waals surface area contributed by atoms with E-state index in [-0.39, 0.29) is 18.4 Å². The highest BCUT2D eigenvalue weighted by Crippen LogP contribution is 2.29. The first-order valence-corrected chi connectivity index (χ1v) is 4.45. The fourth-order valence-electron chi connectivity index (χ4n) is 1.78. The van der Waals surface area contributed by atoms with E-state index in [9.17, 15) is 0 Å². The van der Waals surface area contributed by atoms with Crippen LogP contribution in [0.4, 0.5) is 0 Å². The number of rotatable bonds is 1. The van der Waals surface area contributed by atoms with Crippen LogP contribution in [0, 0.1) is 24.2 Å². The average Bonchev–Trinajstić information content (AvgIpc) is 2.05. The molecule has 0 aromatic carbocycles. The van der Waals surface area contributed by atoms with Gasteiger partial charge in [-0.2, -0.15) is 0 Å². The maximum Gasteiger partial charge on any atom is 0.0690 e. The molecule has 1 unspecified atom stereocenters. The van der Waals surface area contributed by atoms with E-state index in [0.29, 0.717) is 5.92 Å². The Hall–Kier alpha value is -0.190. The van der Waals surface area contributed by atoms with Crippen molar-refractivity contribution in [2.75, 3.05) is 0 Å². The third kappa shape index (κ3) is 3.05. The lowest BCUT2D eigenvalue weighted by atomic mass is 9.80. The molecule has 0 radical (unpaired) electrons. The standard InChI is InChI=1S/C10H17N.ClH/c1-3-10(11)9-6-4-8(2)5-7-9;/h1,8-10H,4-7,11H2,2H3;1H. The van der Waals surface area contributed by atoms with Crippen LogP contribution >= 0.6 is 12.4 Å². The molecule has 0 saturated heterocycles. The Morgan fingerprint density at radius 2 is 1.83 bits per heavy atom. The second-order valence-corrected chi connectivity index (χ2v) is 3.71. The highest BCUT2D eigenvalue weighted by Gasteiger charge is 2.21. The molecule has 0 aromatic rings. The molecule has 1 rings (SSSR count). The summed E-state index contributed by atoms with van der Waals surface area (Å²) in [5.41, 5.74) is 5.76. The molecule has 1 aliphatic rings. The number of hydrogen-bond acceptors (Lipinski definition) is 1. The van der Waals surface area contributed by atoms with Crippen molar-refractivity contribution in [3.05, 3.63) is 0 Å². The van der Waals surface area contributed by atoms with Gasteiger partial charge in [0, 0.05) is 0 Å². The van der Waals surface area contributed by atoms with Crippen molar-refractivity contribution in [2.24, 2.45) is 17.6 Å². The van der Waals surface area contributed by atoms with Gasteiger partial charge in [-0.25, -0.2) is 0 Å². The Kier molecular flexibility index (Phi) is 5.37. The van der Waals surface area contributed by atoms with Crippen LogP contribution in [0.5, 0.6) is 0 Å². The van der Waals surface area contributed by atoms with Crippen molar-refractivity contribution in [3.63, 3.8) is 0 Å². The van der Waals surface area contributed by atoms with Crippen molar-refractivity contribution < 1.29 is 0 Å². The molecule has 0 aromatic heterocycles. The van der Waals surface area contributed by atoms with E-state index >= 15 is 0 Å².